The monoisotopic (exact) mass is 437 g/mol. The molecule has 2 atom stereocenters. The van der Waals surface area contributed by atoms with Gasteiger partial charge in [-0.15, -0.1) is 0 Å². The van der Waals surface area contributed by atoms with Gasteiger partial charge < -0.3 is 24.7 Å². The van der Waals surface area contributed by atoms with Gasteiger partial charge in [-0.05, 0) is 31.0 Å². The largest absolute Gasteiger partial charge is 0.504 e. The van der Waals surface area contributed by atoms with Crippen molar-refractivity contribution in [1.29, 1.82) is 0 Å². The number of phenols is 1. The third-order valence-electron chi connectivity index (χ3n) is 4.98. The Kier molecular flexibility index (Phi) is 6.06. The molecule has 3 N–H and O–H groups in total. The van der Waals surface area contributed by atoms with Gasteiger partial charge in [0.15, 0.2) is 27.1 Å². The molecule has 0 radical (unpaired) electrons. The van der Waals surface area contributed by atoms with Gasteiger partial charge in [0.2, 0.25) is 17.1 Å². The molecule has 1 saturated heterocycles. The van der Waals surface area contributed by atoms with Crippen molar-refractivity contribution in [2.75, 3.05) is 18.6 Å². The van der Waals surface area contributed by atoms with Crippen molar-refractivity contribution in [2.24, 2.45) is 0 Å². The topological polar surface area (TPSA) is 143 Å². The Balaban J connectivity index is 1.96. The van der Waals surface area contributed by atoms with Gasteiger partial charge >= 0.3 is 0 Å². The second-order valence-electron chi connectivity index (χ2n) is 7.29. The summed E-state index contributed by atoms with van der Waals surface area (Å²) in [6, 6.07) is 5.02. The van der Waals surface area contributed by atoms with Crippen LogP contribution in [0.4, 0.5) is 0 Å². The van der Waals surface area contributed by atoms with E-state index >= 15 is 0 Å². The van der Waals surface area contributed by atoms with Gasteiger partial charge in [0, 0.05) is 18.5 Å². The summed E-state index contributed by atoms with van der Waals surface area (Å²) in [6.45, 7) is 1.54. The molecule has 0 bridgehead atoms. The zero-order valence-corrected chi connectivity index (χ0v) is 17.4. The highest BCUT2D eigenvalue weighted by Crippen LogP contribution is 2.37. The zero-order valence-electron chi connectivity index (χ0n) is 16.5. The molecule has 2 heterocycles. The van der Waals surface area contributed by atoms with E-state index in [1.807, 2.05) is 0 Å². The lowest BCUT2D eigenvalue weighted by atomic mass is 9.91. The van der Waals surface area contributed by atoms with Crippen LogP contribution in [0.1, 0.15) is 35.8 Å². The van der Waals surface area contributed by atoms with Gasteiger partial charge in [0.1, 0.15) is 5.76 Å². The Morgan fingerprint density at radius 1 is 1.33 bits per heavy atom. The Bertz CT molecular complexity index is 1120. The van der Waals surface area contributed by atoms with E-state index in [1.165, 1.54) is 25.3 Å². The number of methoxy groups -OCH3 is 1. The van der Waals surface area contributed by atoms with Crippen LogP contribution in [0, 0.1) is 6.92 Å². The number of phenolic OH excluding ortho intramolecular Hbond substituents is 1. The first-order valence-electron chi connectivity index (χ1n) is 9.30. The van der Waals surface area contributed by atoms with Crippen molar-refractivity contribution in [3.63, 3.8) is 0 Å². The molecule has 1 fully saturated rings. The van der Waals surface area contributed by atoms with Crippen LogP contribution in [-0.2, 0) is 14.6 Å². The minimum Gasteiger partial charge on any atom is -0.504 e. The quantitative estimate of drug-likeness (QED) is 0.612. The summed E-state index contributed by atoms with van der Waals surface area (Å²) in [7, 11) is -1.80. The smallest absolute Gasteiger partial charge is 0.227 e. The molecule has 0 aliphatic carbocycles. The van der Waals surface area contributed by atoms with Crippen LogP contribution in [0.25, 0.3) is 0 Å². The molecule has 2 aromatic rings. The summed E-state index contributed by atoms with van der Waals surface area (Å²) in [4.78, 5) is 24.7. The number of nitrogens with one attached hydrogen (secondary N) is 1. The van der Waals surface area contributed by atoms with E-state index in [0.717, 1.165) is 6.07 Å². The molecule has 9 nitrogen and oxygen atoms in total. The maximum atomic E-state index is 12.7. The second kappa shape index (κ2) is 8.39. The molecule has 10 heteroatoms. The Morgan fingerprint density at radius 3 is 2.70 bits per heavy atom. The number of carbonyl (C=O) groups is 1. The molecular formula is C20H23NO8S. The molecular weight excluding hydrogens is 414 g/mol. The minimum absolute atomic E-state index is 0.0179. The Labute approximate surface area is 173 Å². The highest BCUT2D eigenvalue weighted by Gasteiger charge is 2.31. The van der Waals surface area contributed by atoms with Crippen LogP contribution in [0.15, 0.2) is 33.5 Å². The number of benzene rings is 1. The molecule has 0 spiro atoms. The van der Waals surface area contributed by atoms with Gasteiger partial charge in [-0.3, -0.25) is 9.59 Å². The van der Waals surface area contributed by atoms with Crippen molar-refractivity contribution in [3.8, 4) is 17.2 Å². The third-order valence-corrected chi connectivity index (χ3v) is 6.75. The maximum Gasteiger partial charge on any atom is 0.227 e. The second-order valence-corrected chi connectivity index (χ2v) is 9.52. The summed E-state index contributed by atoms with van der Waals surface area (Å²) in [5, 5.41) is 22.9. The predicted octanol–water partition coefficient (Wildman–Crippen LogP) is 1.19. The fraction of sp³-hybridized carbons (Fsp3) is 0.400. The van der Waals surface area contributed by atoms with Crippen LogP contribution >= 0.6 is 0 Å². The summed E-state index contributed by atoms with van der Waals surface area (Å²) >= 11 is 0. The van der Waals surface area contributed by atoms with Crippen LogP contribution in [0.5, 0.6) is 17.2 Å². The molecule has 1 aliphatic heterocycles. The molecule has 1 aromatic carbocycles. The number of aryl methyl sites for hydroxylation is 1. The standard InChI is InChI=1S/C20H23NO8S/c1-11-7-16(23)19(25)20(29-11)14(12-3-4-15(22)17(8-12)28-2)9-18(24)21-13-5-6-30(26,27)10-13/h3-4,7-8,13-14,22,25H,5-6,9-10H2,1-2H3,(H,21,24)/t13-,14-/m1/s1. The van der Waals surface area contributed by atoms with Gasteiger partial charge in [0.25, 0.3) is 0 Å². The molecule has 1 amide bonds. The molecule has 0 unspecified atom stereocenters. The number of amides is 1. The lowest BCUT2D eigenvalue weighted by Crippen LogP contribution is -2.36. The first-order valence-corrected chi connectivity index (χ1v) is 11.1. The van der Waals surface area contributed by atoms with Crippen LogP contribution in [0.3, 0.4) is 0 Å². The highest BCUT2D eigenvalue weighted by atomic mass is 32.2. The lowest BCUT2D eigenvalue weighted by Gasteiger charge is -2.20. The van der Waals surface area contributed by atoms with E-state index in [4.69, 9.17) is 9.15 Å². The SMILES string of the molecule is COc1cc([C@@H](CC(=O)N[C@@H]2CCS(=O)(=O)C2)c2oc(C)cc(=O)c2O)ccc1O. The molecule has 1 aliphatic rings. The average molecular weight is 437 g/mol. The maximum absolute atomic E-state index is 12.7. The fourth-order valence-corrected chi connectivity index (χ4v) is 5.19. The van der Waals surface area contributed by atoms with Crippen molar-refractivity contribution in [1.82, 2.24) is 5.32 Å². The molecule has 30 heavy (non-hydrogen) atoms. The molecule has 3 rings (SSSR count). The number of sulfone groups is 1. The number of aromatic hydroxyl groups is 2. The molecule has 1 aromatic heterocycles. The Hall–Kier alpha value is -3.01. The fourth-order valence-electron chi connectivity index (χ4n) is 3.52. The number of carbonyl (C=O) groups excluding carboxylic acids is 1. The van der Waals surface area contributed by atoms with E-state index in [-0.39, 0.29) is 40.9 Å². The van der Waals surface area contributed by atoms with Crippen LogP contribution in [0.2, 0.25) is 0 Å². The van der Waals surface area contributed by atoms with Crippen LogP contribution in [-0.4, -0.2) is 49.2 Å². The van der Waals surface area contributed by atoms with Crippen molar-refractivity contribution in [3.05, 3.63) is 51.6 Å². The summed E-state index contributed by atoms with van der Waals surface area (Å²) in [5.74, 6) is -1.86. The first-order chi connectivity index (χ1) is 14.1. The third kappa shape index (κ3) is 4.76. The molecule has 162 valence electrons. The van der Waals surface area contributed by atoms with Gasteiger partial charge in [-0.25, -0.2) is 8.42 Å². The van der Waals surface area contributed by atoms with Gasteiger partial charge in [0.05, 0.1) is 24.5 Å². The predicted molar refractivity (Wildman–Crippen MR) is 108 cm³/mol. The van der Waals surface area contributed by atoms with E-state index < -0.39 is 38.9 Å². The Morgan fingerprint density at radius 2 is 2.07 bits per heavy atom. The van der Waals surface area contributed by atoms with Gasteiger partial charge in [-0.1, -0.05) is 6.07 Å². The lowest BCUT2D eigenvalue weighted by molar-refractivity contribution is -0.121. The number of ether oxygens (including phenoxy) is 1. The summed E-state index contributed by atoms with van der Waals surface area (Å²) in [5.41, 5.74) is -0.185. The van der Waals surface area contributed by atoms with E-state index in [1.54, 1.807) is 6.92 Å². The van der Waals surface area contributed by atoms with Crippen molar-refractivity contribution >= 4 is 15.7 Å². The molecule has 0 saturated carbocycles. The normalized spacial score (nSPS) is 18.7. The van der Waals surface area contributed by atoms with Crippen molar-refractivity contribution in [2.45, 2.75) is 31.7 Å². The number of hydrogen-bond donors (Lipinski definition) is 3. The van der Waals surface area contributed by atoms with E-state index in [9.17, 15) is 28.2 Å². The minimum atomic E-state index is -3.16. The number of rotatable bonds is 6. The summed E-state index contributed by atoms with van der Waals surface area (Å²) < 4.78 is 34.0. The van der Waals surface area contributed by atoms with Crippen molar-refractivity contribution < 1.29 is 32.6 Å². The summed E-state index contributed by atoms with van der Waals surface area (Å²) in [6.07, 6.45) is 0.112. The average Bonchev–Trinajstić information content (AvgIpc) is 3.01. The first kappa shape index (κ1) is 21.7. The zero-order chi connectivity index (χ0) is 22.1. The highest BCUT2D eigenvalue weighted by molar-refractivity contribution is 7.91. The van der Waals surface area contributed by atoms with E-state index in [0.29, 0.717) is 12.0 Å². The van der Waals surface area contributed by atoms with E-state index in [2.05, 4.69) is 5.32 Å². The van der Waals surface area contributed by atoms with Gasteiger partial charge in [-0.2, -0.15) is 0 Å². The van der Waals surface area contributed by atoms with Crippen LogP contribution < -0.4 is 15.5 Å². The number of hydrogen-bond acceptors (Lipinski definition) is 8.